The largest absolute Gasteiger partial charge is 2.00 e. The third-order valence-corrected chi connectivity index (χ3v) is 5.08. The number of halogens is 3. The molecule has 0 radical (unpaired) electrons. The molecule has 0 amide bonds. The van der Waals surface area contributed by atoms with Crippen molar-refractivity contribution in [3.8, 4) is 0 Å². The molecule has 0 bridgehead atoms. The third-order valence-electron chi connectivity index (χ3n) is 4.08. The Morgan fingerprint density at radius 1 is 1.00 bits per heavy atom. The minimum Gasteiger partial charge on any atom is -0.267 e. The van der Waals surface area contributed by atoms with Crippen molar-refractivity contribution in [1.82, 2.24) is 0 Å². The number of rotatable bonds is 0. The average molecular weight is 442 g/mol. The van der Waals surface area contributed by atoms with Crippen LogP contribution in [0.15, 0.2) is 41.0 Å². The SMILES string of the molecule is CC(C)(C)c1[c-]cccc1.CC1=[C-]C(C)([SiH3])C(C)=C1C.Cl.Cl.Cl.[Ti+2]. The molecule has 1 atom stereocenters. The summed E-state index contributed by atoms with van der Waals surface area (Å²) in [7, 11) is 1.18. The molecule has 1 unspecified atom stereocenters. The van der Waals surface area contributed by atoms with Gasteiger partial charge in [0.2, 0.25) is 0 Å². The summed E-state index contributed by atoms with van der Waals surface area (Å²) in [5.74, 6) is 0. The van der Waals surface area contributed by atoms with Crippen LogP contribution in [0.5, 0.6) is 0 Å². The molecule has 0 saturated carbocycles. The minimum absolute atomic E-state index is 0. The Kier molecular flexibility index (Phi) is 17.2. The molecular weight excluding hydrogens is 411 g/mol. The maximum absolute atomic E-state index is 3.50. The van der Waals surface area contributed by atoms with Gasteiger partial charge in [-0.15, -0.1) is 44.1 Å². The van der Waals surface area contributed by atoms with Gasteiger partial charge in [-0.1, -0.05) is 46.6 Å². The van der Waals surface area contributed by atoms with Gasteiger partial charge in [-0.2, -0.15) is 47.0 Å². The Morgan fingerprint density at radius 3 is 1.67 bits per heavy atom. The van der Waals surface area contributed by atoms with Gasteiger partial charge in [-0.25, -0.2) is 5.57 Å². The first-order valence-corrected chi connectivity index (χ1v) is 8.33. The molecule has 0 aliphatic heterocycles. The zero-order chi connectivity index (χ0) is 15.6. The van der Waals surface area contributed by atoms with Crippen molar-refractivity contribution in [3.05, 3.63) is 58.7 Å². The van der Waals surface area contributed by atoms with Gasteiger partial charge in [-0.05, 0) is 15.7 Å². The Labute approximate surface area is 185 Å². The van der Waals surface area contributed by atoms with Crippen molar-refractivity contribution in [1.29, 1.82) is 0 Å². The van der Waals surface area contributed by atoms with Crippen LogP contribution >= 0.6 is 37.2 Å². The minimum atomic E-state index is 0. The molecule has 0 heterocycles. The van der Waals surface area contributed by atoms with E-state index in [0.717, 1.165) is 0 Å². The van der Waals surface area contributed by atoms with Crippen molar-refractivity contribution in [2.45, 2.75) is 58.9 Å². The summed E-state index contributed by atoms with van der Waals surface area (Å²) in [6.45, 7) is 15.4. The number of allylic oxidation sites excluding steroid dienone is 4. The Bertz CT molecular complexity index is 529. The summed E-state index contributed by atoms with van der Waals surface area (Å²) in [6.07, 6.45) is 3.50. The first-order valence-electron chi connectivity index (χ1n) is 7.33. The number of benzene rings is 1. The van der Waals surface area contributed by atoms with Crippen molar-refractivity contribution >= 4 is 47.5 Å². The van der Waals surface area contributed by atoms with Crippen LogP contribution in [0, 0.1) is 12.1 Å². The fourth-order valence-electron chi connectivity index (χ4n) is 2.27. The van der Waals surface area contributed by atoms with Crippen molar-refractivity contribution < 1.29 is 21.7 Å². The summed E-state index contributed by atoms with van der Waals surface area (Å²) in [5.41, 5.74) is 5.85. The molecule has 5 heteroatoms. The van der Waals surface area contributed by atoms with E-state index < -0.39 is 0 Å². The van der Waals surface area contributed by atoms with Gasteiger partial charge in [0.05, 0.1) is 0 Å². The van der Waals surface area contributed by atoms with E-state index in [2.05, 4.69) is 72.7 Å². The fraction of sp³-hybridized carbons (Fsp3) is 0.474. The first kappa shape index (κ1) is 32.2. The fourth-order valence-corrected chi connectivity index (χ4v) is 3.02. The Hall–Kier alpha value is 0.501. The smallest absolute Gasteiger partial charge is 0.267 e. The molecule has 0 nitrogen and oxygen atoms in total. The van der Waals surface area contributed by atoms with Gasteiger partial charge in [0.25, 0.3) is 0 Å². The molecule has 1 aliphatic rings. The monoisotopic (exact) mass is 440 g/mol. The van der Waals surface area contributed by atoms with Gasteiger partial charge < -0.3 is 0 Å². The first-order chi connectivity index (χ1) is 9.05. The maximum Gasteiger partial charge on any atom is 2.00 e. The molecule has 1 aliphatic carbocycles. The average Bonchev–Trinajstić information content (AvgIpc) is 2.53. The zero-order valence-corrected chi connectivity index (χ0v) is 22.0. The second-order valence-corrected chi connectivity index (χ2v) is 9.15. The Morgan fingerprint density at radius 2 is 1.50 bits per heavy atom. The molecule has 0 saturated heterocycles. The van der Waals surface area contributed by atoms with Gasteiger partial charge in [0.15, 0.2) is 0 Å². The molecule has 0 N–H and O–H groups in total. The zero-order valence-electron chi connectivity index (χ0n) is 16.0. The van der Waals surface area contributed by atoms with Gasteiger partial charge >= 0.3 is 21.7 Å². The summed E-state index contributed by atoms with van der Waals surface area (Å²) in [6, 6.07) is 11.3. The van der Waals surface area contributed by atoms with Gasteiger partial charge in [0.1, 0.15) is 0 Å². The van der Waals surface area contributed by atoms with Crippen LogP contribution in [0.25, 0.3) is 0 Å². The molecule has 0 spiro atoms. The predicted octanol–water partition coefficient (Wildman–Crippen LogP) is 5.68. The van der Waals surface area contributed by atoms with Crippen LogP contribution < -0.4 is 0 Å². The summed E-state index contributed by atoms with van der Waals surface area (Å²) in [5, 5.41) is 0.328. The molecule has 1 aromatic rings. The van der Waals surface area contributed by atoms with Crippen molar-refractivity contribution in [2.24, 2.45) is 0 Å². The maximum atomic E-state index is 3.50. The Balaban J connectivity index is -0.000000143. The van der Waals surface area contributed by atoms with Crippen LogP contribution in [0.2, 0.25) is 5.04 Å². The van der Waals surface area contributed by atoms with E-state index in [1.165, 1.54) is 32.5 Å². The normalized spacial score (nSPS) is 18.7. The van der Waals surface area contributed by atoms with Crippen LogP contribution in [0.4, 0.5) is 0 Å². The van der Waals surface area contributed by atoms with Crippen molar-refractivity contribution in [3.63, 3.8) is 0 Å². The third kappa shape index (κ3) is 9.27. The quantitative estimate of drug-likeness (QED) is 0.359. The van der Waals surface area contributed by atoms with E-state index in [9.17, 15) is 0 Å². The van der Waals surface area contributed by atoms with E-state index in [0.29, 0.717) is 5.04 Å². The second-order valence-electron chi connectivity index (χ2n) is 7.15. The van der Waals surface area contributed by atoms with Gasteiger partial charge in [-0.3, -0.25) is 6.08 Å². The molecule has 1 aromatic carbocycles. The van der Waals surface area contributed by atoms with E-state index in [1.807, 2.05) is 12.1 Å². The standard InChI is InChI=1S/C10H13.C9H15Si.3ClH.Ti/c1-10(2,3)9-7-5-4-6-8-9;1-6-5-9(4,10)8(3)7(6)2;;;;/h4-7H,1-3H3;1-4,10H3;3*1H;/q2*-1;;;;+2. The van der Waals surface area contributed by atoms with Crippen LogP contribution in [-0.2, 0) is 27.1 Å². The summed E-state index contributed by atoms with van der Waals surface area (Å²) >= 11 is 0. The number of hydrogen-bond donors (Lipinski definition) is 0. The summed E-state index contributed by atoms with van der Waals surface area (Å²) in [4.78, 5) is 0. The van der Waals surface area contributed by atoms with E-state index in [4.69, 9.17) is 0 Å². The second kappa shape index (κ2) is 12.8. The molecule has 0 fully saturated rings. The summed E-state index contributed by atoms with van der Waals surface area (Å²) < 4.78 is 0. The molecular formula is C19H31Cl3SiTi. The van der Waals surface area contributed by atoms with Gasteiger partial charge in [0, 0.05) is 0 Å². The number of hydrogen-bond acceptors (Lipinski definition) is 0. The molecule has 2 rings (SSSR count). The van der Waals surface area contributed by atoms with E-state index in [1.54, 1.807) is 0 Å². The molecule has 24 heavy (non-hydrogen) atoms. The predicted molar refractivity (Wildman–Crippen MR) is 115 cm³/mol. The van der Waals surface area contributed by atoms with Crippen LogP contribution in [0.3, 0.4) is 0 Å². The molecule has 136 valence electrons. The van der Waals surface area contributed by atoms with Crippen molar-refractivity contribution in [2.75, 3.05) is 0 Å². The van der Waals surface area contributed by atoms with E-state index in [-0.39, 0.29) is 64.4 Å². The van der Waals surface area contributed by atoms with Crippen LogP contribution in [-0.4, -0.2) is 10.2 Å². The topological polar surface area (TPSA) is 0 Å². The van der Waals surface area contributed by atoms with Crippen LogP contribution in [0.1, 0.15) is 54.0 Å². The van der Waals surface area contributed by atoms with E-state index >= 15 is 0 Å². The molecule has 0 aromatic heterocycles.